The minimum absolute atomic E-state index is 0.0250. The van der Waals surface area contributed by atoms with E-state index in [9.17, 15) is 0 Å². The van der Waals surface area contributed by atoms with Crippen LogP contribution in [-0.2, 0) is 4.74 Å². The number of ether oxygens (including phenoxy) is 1. The lowest BCUT2D eigenvalue weighted by atomic mass is 9.72. The first-order chi connectivity index (χ1) is 7.32. The Morgan fingerprint density at radius 3 is 2.31 bits per heavy atom. The van der Waals surface area contributed by atoms with Gasteiger partial charge in [0.15, 0.2) is 0 Å². The average molecular weight is 225 g/mol. The molecule has 0 saturated carbocycles. The van der Waals surface area contributed by atoms with Gasteiger partial charge in [0, 0.05) is 25.9 Å². The molecule has 1 unspecified atom stereocenters. The van der Waals surface area contributed by atoms with Gasteiger partial charge in [-0.25, -0.2) is 0 Å². The van der Waals surface area contributed by atoms with Gasteiger partial charge in [-0.05, 0) is 31.6 Å². The third-order valence-corrected chi connectivity index (χ3v) is 4.09. The molecule has 0 aromatic heterocycles. The van der Waals surface area contributed by atoms with Crippen LogP contribution in [-0.4, -0.2) is 30.7 Å². The van der Waals surface area contributed by atoms with Crippen LogP contribution < -0.4 is 0 Å². The summed E-state index contributed by atoms with van der Waals surface area (Å²) in [6, 6.07) is 0. The zero-order chi connectivity index (χ0) is 12.4. The molecule has 94 valence electrons. The summed E-state index contributed by atoms with van der Waals surface area (Å²) in [5.41, 5.74) is 1.41. The van der Waals surface area contributed by atoms with Crippen LogP contribution in [0.15, 0.2) is 12.3 Å². The Morgan fingerprint density at radius 2 is 1.88 bits per heavy atom. The molecule has 0 aromatic rings. The minimum Gasteiger partial charge on any atom is -0.378 e. The summed E-state index contributed by atoms with van der Waals surface area (Å²) in [5.74, 6) is 0. The Labute approximate surface area is 101 Å². The quantitative estimate of drug-likeness (QED) is 0.714. The molecule has 1 aliphatic heterocycles. The lowest BCUT2D eigenvalue weighted by molar-refractivity contribution is -0.101. The van der Waals surface area contributed by atoms with Crippen molar-refractivity contribution in [2.75, 3.05) is 20.2 Å². The second kappa shape index (κ2) is 4.79. The summed E-state index contributed by atoms with van der Waals surface area (Å²) in [6.45, 7) is 15.2. The maximum atomic E-state index is 5.89. The molecule has 1 saturated heterocycles. The molecular formula is C14H27NO. The molecule has 0 radical (unpaired) electrons. The van der Waals surface area contributed by atoms with E-state index < -0.39 is 0 Å². The van der Waals surface area contributed by atoms with E-state index in [0.717, 1.165) is 25.9 Å². The topological polar surface area (TPSA) is 12.5 Å². The number of hydrogen-bond donors (Lipinski definition) is 0. The van der Waals surface area contributed by atoms with Crippen LogP contribution in [0, 0.1) is 5.41 Å². The highest BCUT2D eigenvalue weighted by molar-refractivity contribution is 4.98. The molecule has 0 N–H and O–H groups in total. The number of hydrogen-bond acceptors (Lipinski definition) is 2. The SMILES string of the molecule is C=C(C)N1CCCC(OC)(C(C)(C)C)CC1. The highest BCUT2D eigenvalue weighted by Gasteiger charge is 2.42. The highest BCUT2D eigenvalue weighted by Crippen LogP contribution is 2.41. The third-order valence-electron chi connectivity index (χ3n) is 4.09. The molecule has 1 fully saturated rings. The molecular weight excluding hydrogens is 198 g/mol. The zero-order valence-corrected chi connectivity index (χ0v) is 11.6. The summed E-state index contributed by atoms with van der Waals surface area (Å²) < 4.78 is 5.89. The number of likely N-dealkylation sites (tertiary alicyclic amines) is 1. The molecule has 1 heterocycles. The van der Waals surface area contributed by atoms with Crippen molar-refractivity contribution < 1.29 is 4.74 Å². The van der Waals surface area contributed by atoms with E-state index in [0.29, 0.717) is 0 Å². The second-order valence-electron chi connectivity index (χ2n) is 6.02. The van der Waals surface area contributed by atoms with Gasteiger partial charge in [-0.15, -0.1) is 0 Å². The van der Waals surface area contributed by atoms with Gasteiger partial charge >= 0.3 is 0 Å². The first-order valence-electron chi connectivity index (χ1n) is 6.28. The van der Waals surface area contributed by atoms with Gasteiger partial charge in [0.2, 0.25) is 0 Å². The maximum Gasteiger partial charge on any atom is 0.0744 e. The van der Waals surface area contributed by atoms with Crippen LogP contribution in [0.2, 0.25) is 0 Å². The van der Waals surface area contributed by atoms with Gasteiger partial charge < -0.3 is 9.64 Å². The summed E-state index contributed by atoms with van der Waals surface area (Å²) in [5, 5.41) is 0. The first kappa shape index (κ1) is 13.6. The van der Waals surface area contributed by atoms with Crippen molar-refractivity contribution in [1.29, 1.82) is 0 Å². The number of nitrogens with zero attached hydrogens (tertiary/aromatic N) is 1. The smallest absolute Gasteiger partial charge is 0.0744 e. The van der Waals surface area contributed by atoms with Gasteiger partial charge in [-0.3, -0.25) is 0 Å². The Kier molecular flexibility index (Phi) is 4.06. The van der Waals surface area contributed by atoms with Crippen LogP contribution in [0.4, 0.5) is 0 Å². The van der Waals surface area contributed by atoms with Crippen molar-refractivity contribution in [3.05, 3.63) is 12.3 Å². The normalized spacial score (nSPS) is 27.7. The van der Waals surface area contributed by atoms with Crippen LogP contribution in [0.25, 0.3) is 0 Å². The van der Waals surface area contributed by atoms with Crippen LogP contribution in [0.5, 0.6) is 0 Å². The summed E-state index contributed by atoms with van der Waals surface area (Å²) in [4.78, 5) is 2.38. The summed E-state index contributed by atoms with van der Waals surface area (Å²) in [7, 11) is 1.86. The van der Waals surface area contributed by atoms with Crippen molar-refractivity contribution in [3.63, 3.8) is 0 Å². The third kappa shape index (κ3) is 2.60. The van der Waals surface area contributed by atoms with Gasteiger partial charge in [-0.2, -0.15) is 0 Å². The van der Waals surface area contributed by atoms with E-state index >= 15 is 0 Å². The average Bonchev–Trinajstić information content (AvgIpc) is 2.39. The lowest BCUT2D eigenvalue weighted by Gasteiger charge is -2.43. The van der Waals surface area contributed by atoms with Gasteiger partial charge in [0.05, 0.1) is 5.60 Å². The monoisotopic (exact) mass is 225 g/mol. The number of rotatable bonds is 2. The molecule has 2 nitrogen and oxygen atoms in total. The molecule has 0 aromatic carbocycles. The zero-order valence-electron chi connectivity index (χ0n) is 11.6. The van der Waals surface area contributed by atoms with Crippen molar-refractivity contribution >= 4 is 0 Å². The fraction of sp³-hybridized carbons (Fsp3) is 0.857. The van der Waals surface area contributed by atoms with Crippen LogP contribution >= 0.6 is 0 Å². The predicted octanol–water partition coefficient (Wildman–Crippen LogP) is 3.44. The highest BCUT2D eigenvalue weighted by atomic mass is 16.5. The van der Waals surface area contributed by atoms with E-state index in [1.165, 1.54) is 12.1 Å². The minimum atomic E-state index is 0.0250. The largest absolute Gasteiger partial charge is 0.378 e. The Hall–Kier alpha value is -0.500. The number of allylic oxidation sites excluding steroid dienone is 1. The molecule has 0 aliphatic carbocycles. The molecule has 0 spiro atoms. The van der Waals surface area contributed by atoms with Gasteiger partial charge in [-0.1, -0.05) is 27.4 Å². The van der Waals surface area contributed by atoms with Crippen molar-refractivity contribution in [3.8, 4) is 0 Å². The Bertz CT molecular complexity index is 254. The molecule has 1 rings (SSSR count). The van der Waals surface area contributed by atoms with Crippen molar-refractivity contribution in [1.82, 2.24) is 4.90 Å². The fourth-order valence-corrected chi connectivity index (χ4v) is 2.75. The number of methoxy groups -OCH3 is 1. The van der Waals surface area contributed by atoms with E-state index in [1.807, 2.05) is 7.11 Å². The van der Waals surface area contributed by atoms with Crippen molar-refractivity contribution in [2.45, 2.75) is 52.6 Å². The predicted molar refractivity (Wildman–Crippen MR) is 69.4 cm³/mol. The molecule has 2 heteroatoms. The molecule has 1 aliphatic rings. The van der Waals surface area contributed by atoms with E-state index in [1.54, 1.807) is 0 Å². The molecule has 0 bridgehead atoms. The molecule has 16 heavy (non-hydrogen) atoms. The molecule has 1 atom stereocenters. The van der Waals surface area contributed by atoms with Gasteiger partial charge in [0.25, 0.3) is 0 Å². The Balaban J connectivity index is 2.80. The van der Waals surface area contributed by atoms with E-state index in [4.69, 9.17) is 4.74 Å². The standard InChI is InChI=1S/C14H27NO/c1-12(2)15-10-7-8-14(16-6,9-11-15)13(3,4)5/h1,7-11H2,2-6H3. The van der Waals surface area contributed by atoms with Crippen LogP contribution in [0.1, 0.15) is 47.0 Å². The summed E-state index contributed by atoms with van der Waals surface area (Å²) in [6.07, 6.45) is 3.44. The van der Waals surface area contributed by atoms with Crippen LogP contribution in [0.3, 0.4) is 0 Å². The molecule has 0 amide bonds. The first-order valence-corrected chi connectivity index (χ1v) is 6.28. The fourth-order valence-electron chi connectivity index (χ4n) is 2.75. The van der Waals surface area contributed by atoms with Crippen molar-refractivity contribution in [2.24, 2.45) is 5.41 Å². The summed E-state index contributed by atoms with van der Waals surface area (Å²) >= 11 is 0. The van der Waals surface area contributed by atoms with E-state index in [2.05, 4.69) is 39.2 Å². The van der Waals surface area contributed by atoms with Gasteiger partial charge in [0.1, 0.15) is 0 Å². The maximum absolute atomic E-state index is 5.89. The second-order valence-corrected chi connectivity index (χ2v) is 6.02. The Morgan fingerprint density at radius 1 is 1.25 bits per heavy atom. The lowest BCUT2D eigenvalue weighted by Crippen LogP contribution is -2.45. The van der Waals surface area contributed by atoms with E-state index in [-0.39, 0.29) is 11.0 Å².